The fourth-order valence-corrected chi connectivity index (χ4v) is 10.6. The number of aromatic amines is 1. The SMILES string of the molecule is C[C@H](O[Si](c1ccccc1)(c1ccccc1)C(C)(C)C)c1cc(C(=O)N[C@@H](C)Cn2ccc(-c3ccc(C#N)c(Cl)c3)n2)n[nH]1. The summed E-state index contributed by atoms with van der Waals surface area (Å²) in [5.74, 6) is -0.283. The van der Waals surface area contributed by atoms with E-state index in [2.05, 4.69) is 96.0 Å². The minimum absolute atomic E-state index is 0.182. The van der Waals surface area contributed by atoms with Crippen LogP contribution >= 0.6 is 11.6 Å². The van der Waals surface area contributed by atoms with Gasteiger partial charge in [-0.05, 0) is 53.5 Å². The van der Waals surface area contributed by atoms with Crippen molar-refractivity contribution in [3.8, 4) is 17.3 Å². The van der Waals surface area contributed by atoms with Gasteiger partial charge in [-0.3, -0.25) is 14.6 Å². The van der Waals surface area contributed by atoms with Gasteiger partial charge in [0.05, 0.1) is 34.6 Å². The van der Waals surface area contributed by atoms with Crippen molar-refractivity contribution < 1.29 is 9.22 Å². The van der Waals surface area contributed by atoms with Crippen molar-refractivity contribution in [3.05, 3.63) is 119 Å². The fraction of sp³-hybridized carbons (Fsp3) is 0.257. The van der Waals surface area contributed by atoms with Crippen LogP contribution in [0.1, 0.15) is 62.5 Å². The van der Waals surface area contributed by atoms with Crippen LogP contribution in [-0.2, 0) is 11.0 Å². The Bertz CT molecular complexity index is 1770. The van der Waals surface area contributed by atoms with Crippen LogP contribution in [0.2, 0.25) is 10.1 Å². The van der Waals surface area contributed by atoms with E-state index in [1.807, 2.05) is 44.3 Å². The van der Waals surface area contributed by atoms with Gasteiger partial charge in [-0.1, -0.05) is 99.1 Å². The van der Waals surface area contributed by atoms with E-state index in [0.717, 1.165) is 17.0 Å². The van der Waals surface area contributed by atoms with Gasteiger partial charge in [-0.15, -0.1) is 0 Å². The average Bonchev–Trinajstić information content (AvgIpc) is 3.71. The van der Waals surface area contributed by atoms with Gasteiger partial charge in [0.25, 0.3) is 14.2 Å². The number of nitrogens with zero attached hydrogens (tertiary/aromatic N) is 4. The molecule has 1 amide bonds. The molecule has 0 aliphatic rings. The molecule has 2 N–H and O–H groups in total. The molecule has 0 fully saturated rings. The summed E-state index contributed by atoms with van der Waals surface area (Å²) in [6.07, 6.45) is 1.50. The molecule has 0 bridgehead atoms. The summed E-state index contributed by atoms with van der Waals surface area (Å²) in [6.45, 7) is 11.1. The predicted octanol–water partition coefficient (Wildman–Crippen LogP) is 6.25. The predicted molar refractivity (Wildman–Crippen MR) is 180 cm³/mol. The van der Waals surface area contributed by atoms with Crippen LogP contribution in [0.15, 0.2) is 97.2 Å². The van der Waals surface area contributed by atoms with Crippen LogP contribution < -0.4 is 15.7 Å². The van der Waals surface area contributed by atoms with Gasteiger partial charge in [-0.25, -0.2) is 0 Å². The fourth-order valence-electron chi connectivity index (χ4n) is 5.69. The minimum Gasteiger partial charge on any atom is -0.399 e. The molecule has 2 heterocycles. The number of hydrogen-bond donors (Lipinski definition) is 2. The zero-order valence-electron chi connectivity index (χ0n) is 26.1. The Labute approximate surface area is 270 Å². The van der Waals surface area contributed by atoms with Gasteiger partial charge >= 0.3 is 0 Å². The maximum absolute atomic E-state index is 13.2. The number of benzene rings is 3. The Hall–Kier alpha value is -4.49. The van der Waals surface area contributed by atoms with Crippen LogP contribution in [0.5, 0.6) is 0 Å². The number of rotatable bonds is 10. The van der Waals surface area contributed by atoms with Crippen LogP contribution in [0, 0.1) is 11.3 Å². The van der Waals surface area contributed by atoms with Gasteiger partial charge in [0, 0.05) is 17.8 Å². The van der Waals surface area contributed by atoms with Crippen molar-refractivity contribution in [3.63, 3.8) is 0 Å². The third-order valence-electron chi connectivity index (χ3n) is 7.90. The highest BCUT2D eigenvalue weighted by atomic mass is 35.5. The Morgan fingerprint density at radius 3 is 2.24 bits per heavy atom. The standard InChI is InChI=1S/C35H37ClN6O2Si/c1-24(23-42-19-18-31(41-42)26-16-17-27(22-37)30(36)20-26)38-34(43)33-21-32(39-40-33)25(2)44-45(35(3,4)5,28-12-8-6-9-13-28)29-14-10-7-11-15-29/h6-21,24-25H,23H2,1-5H3,(H,38,43)(H,39,40)/t24-,25-/m0/s1. The van der Waals surface area contributed by atoms with Crippen molar-refractivity contribution in [2.75, 3.05) is 0 Å². The van der Waals surface area contributed by atoms with Crippen molar-refractivity contribution in [2.45, 2.75) is 58.3 Å². The second-order valence-electron chi connectivity index (χ2n) is 12.2. The maximum Gasteiger partial charge on any atom is 0.272 e. The zero-order chi connectivity index (χ0) is 32.2. The van der Waals surface area contributed by atoms with Gasteiger partial charge < -0.3 is 9.74 Å². The number of nitrogens with one attached hydrogen (secondary N) is 2. The average molecular weight is 637 g/mol. The number of aromatic nitrogens is 4. The molecule has 0 saturated heterocycles. The van der Waals surface area contributed by atoms with Crippen LogP contribution in [0.4, 0.5) is 0 Å². The van der Waals surface area contributed by atoms with E-state index in [1.165, 1.54) is 10.4 Å². The number of carbonyl (C=O) groups excluding carboxylic acids is 1. The summed E-state index contributed by atoms with van der Waals surface area (Å²) in [5.41, 5.74) is 2.99. The molecule has 0 radical (unpaired) electrons. The zero-order valence-corrected chi connectivity index (χ0v) is 27.8. The first-order valence-corrected chi connectivity index (χ1v) is 17.2. The molecule has 3 aromatic carbocycles. The van der Waals surface area contributed by atoms with E-state index < -0.39 is 8.32 Å². The van der Waals surface area contributed by atoms with E-state index in [4.69, 9.17) is 21.3 Å². The second-order valence-corrected chi connectivity index (χ2v) is 16.9. The molecule has 0 aliphatic heterocycles. The Balaban J connectivity index is 1.29. The number of nitriles is 1. The molecule has 230 valence electrons. The molecule has 8 nitrogen and oxygen atoms in total. The molecule has 0 unspecified atom stereocenters. The number of hydrogen-bond acceptors (Lipinski definition) is 5. The lowest BCUT2D eigenvalue weighted by Crippen LogP contribution is -2.66. The Kier molecular flexibility index (Phi) is 9.39. The minimum atomic E-state index is -2.79. The van der Waals surface area contributed by atoms with Crippen molar-refractivity contribution in [1.82, 2.24) is 25.3 Å². The topological polar surface area (TPSA) is 109 Å². The molecule has 45 heavy (non-hydrogen) atoms. The second kappa shape index (κ2) is 13.2. The van der Waals surface area contributed by atoms with Gasteiger partial charge in [-0.2, -0.15) is 15.5 Å². The summed E-state index contributed by atoms with van der Waals surface area (Å²) in [4.78, 5) is 13.2. The third-order valence-corrected chi connectivity index (χ3v) is 13.3. The number of H-pyrrole nitrogens is 1. The summed E-state index contributed by atoms with van der Waals surface area (Å²) < 4.78 is 8.94. The highest BCUT2D eigenvalue weighted by molar-refractivity contribution is 6.99. The molecule has 0 spiro atoms. The lowest BCUT2D eigenvalue weighted by atomic mass is 10.1. The van der Waals surface area contributed by atoms with E-state index >= 15 is 0 Å². The van der Waals surface area contributed by atoms with Gasteiger partial charge in [0.15, 0.2) is 0 Å². The van der Waals surface area contributed by atoms with Crippen molar-refractivity contribution in [1.29, 1.82) is 5.26 Å². The number of halogens is 1. The molecular formula is C35H37ClN6O2Si. The molecule has 10 heteroatoms. The molecule has 2 atom stereocenters. The molecule has 5 rings (SSSR count). The first-order valence-electron chi connectivity index (χ1n) is 14.9. The van der Waals surface area contributed by atoms with E-state index in [9.17, 15) is 4.79 Å². The number of amides is 1. The lowest BCUT2D eigenvalue weighted by molar-refractivity contribution is 0.0931. The summed E-state index contributed by atoms with van der Waals surface area (Å²) in [6, 6.07) is 31.6. The van der Waals surface area contributed by atoms with E-state index in [-0.39, 0.29) is 23.1 Å². The van der Waals surface area contributed by atoms with E-state index in [1.54, 1.807) is 22.9 Å². The largest absolute Gasteiger partial charge is 0.399 e. The molecule has 0 saturated carbocycles. The van der Waals surface area contributed by atoms with Crippen molar-refractivity contribution >= 4 is 36.2 Å². The van der Waals surface area contributed by atoms with E-state index in [0.29, 0.717) is 22.8 Å². The first-order chi connectivity index (χ1) is 21.5. The summed E-state index contributed by atoms with van der Waals surface area (Å²) in [5, 5.41) is 26.7. The van der Waals surface area contributed by atoms with Crippen LogP contribution in [-0.4, -0.2) is 40.2 Å². The quantitative estimate of drug-likeness (QED) is 0.176. The van der Waals surface area contributed by atoms with Crippen molar-refractivity contribution in [2.24, 2.45) is 0 Å². The third kappa shape index (κ3) is 6.78. The number of carbonyl (C=O) groups is 1. The highest BCUT2D eigenvalue weighted by Gasteiger charge is 2.51. The van der Waals surface area contributed by atoms with Crippen LogP contribution in [0.25, 0.3) is 11.3 Å². The monoisotopic (exact) mass is 636 g/mol. The van der Waals surface area contributed by atoms with Gasteiger partial charge in [0.1, 0.15) is 11.8 Å². The highest BCUT2D eigenvalue weighted by Crippen LogP contribution is 2.39. The normalized spacial score (nSPS) is 13.2. The summed E-state index contributed by atoms with van der Waals surface area (Å²) in [7, 11) is -2.79. The first kappa shape index (κ1) is 31.9. The molecule has 0 aliphatic carbocycles. The Morgan fingerprint density at radius 2 is 1.67 bits per heavy atom. The maximum atomic E-state index is 13.2. The Morgan fingerprint density at radius 1 is 1.02 bits per heavy atom. The summed E-state index contributed by atoms with van der Waals surface area (Å²) >= 11 is 6.20. The smallest absolute Gasteiger partial charge is 0.272 e. The van der Waals surface area contributed by atoms with Crippen LogP contribution in [0.3, 0.4) is 0 Å². The molecule has 5 aromatic rings. The lowest BCUT2D eigenvalue weighted by Gasteiger charge is -2.44. The molecule has 2 aromatic heterocycles. The van der Waals surface area contributed by atoms with Gasteiger partial charge in [0.2, 0.25) is 0 Å². The molecular weight excluding hydrogens is 600 g/mol.